The van der Waals surface area contributed by atoms with Crippen molar-refractivity contribution in [1.82, 2.24) is 0 Å². The third-order valence-electron chi connectivity index (χ3n) is 6.66. The molecular formula is C29H44BrN2O4+. The fraction of sp³-hybridized carbons (Fsp3) is 0.517. The number of anilines is 1. The minimum absolute atomic E-state index is 0. The van der Waals surface area contributed by atoms with Crippen LogP contribution >= 0.6 is 17.0 Å². The highest BCUT2D eigenvalue weighted by molar-refractivity contribution is 8.93. The molecule has 0 atom stereocenters. The maximum Gasteiger partial charge on any atom is 0.338 e. The summed E-state index contributed by atoms with van der Waals surface area (Å²) in [5.41, 5.74) is 1.57. The standard InChI is InChI=1S/C29H42N2O4.BrH/c1-5-8-9-10-11-14-22-34-27-16-13-12-15-26(27)28(32)30-25-19-17-24(18-20-25)29(33)35-23-21-31(4,6-2)7-3;/h12-13,15-20H,5-11,14,21-23H2,1-4H3;1H/p+1. The molecule has 2 aromatic rings. The van der Waals surface area contributed by atoms with E-state index in [1.165, 1.54) is 25.7 Å². The SMILES string of the molecule is Br.CCCCCCCCOc1ccccc1C(=O)Nc1ccc(C(=O)OCC[N+](C)(CC)CC)cc1. The quantitative estimate of drug-likeness (QED) is 0.137. The van der Waals surface area contributed by atoms with Gasteiger partial charge < -0.3 is 19.3 Å². The van der Waals surface area contributed by atoms with E-state index in [2.05, 4.69) is 33.1 Å². The predicted octanol–water partition coefficient (Wildman–Crippen LogP) is 6.90. The summed E-state index contributed by atoms with van der Waals surface area (Å²) in [7, 11) is 2.16. The van der Waals surface area contributed by atoms with Gasteiger partial charge in [-0.2, -0.15) is 0 Å². The lowest BCUT2D eigenvalue weighted by Crippen LogP contribution is -2.46. The Morgan fingerprint density at radius 2 is 1.47 bits per heavy atom. The largest absolute Gasteiger partial charge is 0.493 e. The number of amides is 1. The molecular weight excluding hydrogens is 520 g/mol. The number of carbonyl (C=O) groups excluding carboxylic acids is 2. The number of halogens is 1. The van der Waals surface area contributed by atoms with Gasteiger partial charge in [0.05, 0.1) is 37.9 Å². The van der Waals surface area contributed by atoms with E-state index in [1.54, 1.807) is 30.3 Å². The van der Waals surface area contributed by atoms with Gasteiger partial charge in [-0.1, -0.05) is 51.2 Å². The number of benzene rings is 2. The molecule has 0 bridgehead atoms. The van der Waals surface area contributed by atoms with E-state index < -0.39 is 0 Å². The Hall–Kier alpha value is -2.38. The lowest BCUT2D eigenvalue weighted by atomic mass is 10.1. The number of quaternary nitrogens is 1. The molecule has 0 aromatic heterocycles. The number of para-hydroxylation sites is 1. The summed E-state index contributed by atoms with van der Waals surface area (Å²) < 4.78 is 12.2. The summed E-state index contributed by atoms with van der Waals surface area (Å²) in [5, 5.41) is 2.89. The second-order valence-electron chi connectivity index (χ2n) is 9.26. The Morgan fingerprint density at radius 3 is 2.14 bits per heavy atom. The molecule has 200 valence electrons. The van der Waals surface area contributed by atoms with Gasteiger partial charge in [0, 0.05) is 5.69 Å². The van der Waals surface area contributed by atoms with Gasteiger partial charge in [0.25, 0.3) is 5.91 Å². The van der Waals surface area contributed by atoms with Crippen LogP contribution in [0.1, 0.15) is 80.0 Å². The van der Waals surface area contributed by atoms with Gasteiger partial charge in [-0.3, -0.25) is 4.79 Å². The maximum absolute atomic E-state index is 12.9. The van der Waals surface area contributed by atoms with Crippen LogP contribution in [-0.4, -0.2) is 56.3 Å². The molecule has 0 saturated carbocycles. The second kappa shape index (κ2) is 17.1. The number of nitrogens with one attached hydrogen (secondary N) is 1. The number of hydrogen-bond acceptors (Lipinski definition) is 4. The van der Waals surface area contributed by atoms with E-state index in [0.717, 1.165) is 37.0 Å². The minimum Gasteiger partial charge on any atom is -0.493 e. The zero-order valence-electron chi connectivity index (χ0n) is 22.4. The van der Waals surface area contributed by atoms with Crippen molar-refractivity contribution >= 4 is 34.5 Å². The predicted molar refractivity (Wildman–Crippen MR) is 152 cm³/mol. The molecule has 36 heavy (non-hydrogen) atoms. The van der Waals surface area contributed by atoms with Gasteiger partial charge in [0.2, 0.25) is 0 Å². The number of likely N-dealkylation sites (N-methyl/N-ethyl adjacent to an activating group) is 1. The molecule has 2 aromatic carbocycles. The summed E-state index contributed by atoms with van der Waals surface area (Å²) in [6, 6.07) is 14.1. The molecule has 1 amide bonds. The number of carbonyl (C=O) groups is 2. The molecule has 0 aliphatic rings. The maximum atomic E-state index is 12.9. The van der Waals surface area contributed by atoms with Crippen molar-refractivity contribution in [2.24, 2.45) is 0 Å². The number of rotatable bonds is 16. The Labute approximate surface area is 227 Å². The molecule has 6 nitrogen and oxygen atoms in total. The van der Waals surface area contributed by atoms with Crippen molar-refractivity contribution in [3.05, 3.63) is 59.7 Å². The zero-order valence-corrected chi connectivity index (χ0v) is 24.1. The van der Waals surface area contributed by atoms with Crippen LogP contribution in [0.5, 0.6) is 5.75 Å². The highest BCUT2D eigenvalue weighted by atomic mass is 79.9. The van der Waals surface area contributed by atoms with Crippen molar-refractivity contribution in [3.63, 3.8) is 0 Å². The van der Waals surface area contributed by atoms with Crippen molar-refractivity contribution < 1.29 is 23.5 Å². The lowest BCUT2D eigenvalue weighted by molar-refractivity contribution is -0.906. The van der Waals surface area contributed by atoms with E-state index >= 15 is 0 Å². The lowest BCUT2D eigenvalue weighted by Gasteiger charge is -2.31. The zero-order chi connectivity index (χ0) is 25.5. The number of unbranched alkanes of at least 4 members (excludes halogenated alkanes) is 5. The number of nitrogens with zero attached hydrogens (tertiary/aromatic N) is 1. The van der Waals surface area contributed by atoms with E-state index in [4.69, 9.17) is 9.47 Å². The molecule has 0 radical (unpaired) electrons. The van der Waals surface area contributed by atoms with E-state index in [0.29, 0.717) is 35.8 Å². The minimum atomic E-state index is -0.352. The Morgan fingerprint density at radius 1 is 0.833 bits per heavy atom. The molecule has 7 heteroatoms. The summed E-state index contributed by atoms with van der Waals surface area (Å²) in [6.45, 7) is 10.2. The normalized spacial score (nSPS) is 10.9. The van der Waals surface area contributed by atoms with Crippen LogP contribution in [0, 0.1) is 0 Å². The first-order valence-electron chi connectivity index (χ1n) is 13.1. The molecule has 0 spiro atoms. The van der Waals surface area contributed by atoms with E-state index in [9.17, 15) is 9.59 Å². The molecule has 0 aliphatic carbocycles. The van der Waals surface area contributed by atoms with Crippen molar-refractivity contribution in [3.8, 4) is 5.75 Å². The molecule has 0 heterocycles. The molecule has 0 unspecified atom stereocenters. The third-order valence-corrected chi connectivity index (χ3v) is 6.66. The second-order valence-corrected chi connectivity index (χ2v) is 9.26. The summed E-state index contributed by atoms with van der Waals surface area (Å²) in [4.78, 5) is 25.2. The molecule has 0 saturated heterocycles. The van der Waals surface area contributed by atoms with E-state index in [1.807, 2.05) is 18.2 Å². The van der Waals surface area contributed by atoms with Gasteiger partial charge in [-0.15, -0.1) is 17.0 Å². The van der Waals surface area contributed by atoms with Crippen molar-refractivity contribution in [1.29, 1.82) is 0 Å². The first-order chi connectivity index (χ1) is 16.9. The molecule has 2 rings (SSSR count). The fourth-order valence-electron chi connectivity index (χ4n) is 3.71. The average Bonchev–Trinajstić information content (AvgIpc) is 2.88. The number of ether oxygens (including phenoxy) is 2. The van der Waals surface area contributed by atoms with Crippen molar-refractivity contribution in [2.45, 2.75) is 59.3 Å². The highest BCUT2D eigenvalue weighted by Crippen LogP contribution is 2.21. The third kappa shape index (κ3) is 10.7. The summed E-state index contributed by atoms with van der Waals surface area (Å²) >= 11 is 0. The van der Waals surface area contributed by atoms with Crippen LogP contribution in [0.25, 0.3) is 0 Å². The van der Waals surface area contributed by atoms with E-state index in [-0.39, 0.29) is 28.9 Å². The number of esters is 1. The first kappa shape index (κ1) is 31.6. The summed E-state index contributed by atoms with van der Waals surface area (Å²) in [5.74, 6) is -0.00607. The van der Waals surface area contributed by atoms with Gasteiger partial charge in [0.15, 0.2) is 0 Å². The van der Waals surface area contributed by atoms with Crippen LogP contribution < -0.4 is 10.1 Å². The van der Waals surface area contributed by atoms with Gasteiger partial charge in [0.1, 0.15) is 18.9 Å². The van der Waals surface area contributed by atoms with Gasteiger partial charge in [-0.05, 0) is 56.7 Å². The Bertz CT molecular complexity index is 914. The van der Waals surface area contributed by atoms with Crippen LogP contribution in [0.4, 0.5) is 5.69 Å². The van der Waals surface area contributed by atoms with Gasteiger partial charge in [-0.25, -0.2) is 4.79 Å². The Kier molecular flexibility index (Phi) is 15.1. The topological polar surface area (TPSA) is 64.6 Å². The van der Waals surface area contributed by atoms with Crippen LogP contribution in [0.3, 0.4) is 0 Å². The highest BCUT2D eigenvalue weighted by Gasteiger charge is 2.18. The number of hydrogen-bond donors (Lipinski definition) is 1. The van der Waals surface area contributed by atoms with Crippen LogP contribution in [-0.2, 0) is 4.74 Å². The molecule has 0 fully saturated rings. The first-order valence-corrected chi connectivity index (χ1v) is 13.1. The fourth-order valence-corrected chi connectivity index (χ4v) is 3.71. The summed E-state index contributed by atoms with van der Waals surface area (Å²) in [6.07, 6.45) is 7.12. The smallest absolute Gasteiger partial charge is 0.338 e. The molecule has 1 N–H and O–H groups in total. The Balaban J connectivity index is 0.00000648. The average molecular weight is 565 g/mol. The van der Waals surface area contributed by atoms with Crippen LogP contribution in [0.15, 0.2) is 48.5 Å². The van der Waals surface area contributed by atoms with Gasteiger partial charge >= 0.3 is 5.97 Å². The molecule has 0 aliphatic heterocycles. The monoisotopic (exact) mass is 563 g/mol. The van der Waals surface area contributed by atoms with Crippen molar-refractivity contribution in [2.75, 3.05) is 45.2 Å². The van der Waals surface area contributed by atoms with Crippen LogP contribution in [0.2, 0.25) is 0 Å².